The second-order valence-corrected chi connectivity index (χ2v) is 6.07. The molecule has 0 radical (unpaired) electrons. The average molecular weight is 409 g/mol. The van der Waals surface area contributed by atoms with Crippen LogP contribution in [0.2, 0.25) is 10.0 Å². The van der Waals surface area contributed by atoms with Gasteiger partial charge in [-0.1, -0.05) is 29.3 Å². The van der Waals surface area contributed by atoms with Crippen molar-refractivity contribution in [3.05, 3.63) is 70.5 Å². The molecule has 3 rings (SSSR count). The molecule has 0 fully saturated rings. The van der Waals surface area contributed by atoms with Crippen molar-refractivity contribution < 1.29 is 18.7 Å². The highest BCUT2D eigenvalue weighted by atomic mass is 35.5. The number of halogens is 3. The minimum atomic E-state index is -1.05. The first-order valence-electron chi connectivity index (χ1n) is 7.51. The first-order valence-corrected chi connectivity index (χ1v) is 8.27. The fraction of sp³-hybridized carbons (Fsp3) is 0.0588. The van der Waals surface area contributed by atoms with Crippen LogP contribution in [0.15, 0.2) is 49.1 Å². The average Bonchev–Trinajstić information content (AvgIpc) is 3.14. The summed E-state index contributed by atoms with van der Waals surface area (Å²) in [7, 11) is 0. The smallest absolute Gasteiger partial charge is 0.343 e. The number of hydrogen-bond acceptors (Lipinski definition) is 5. The second kappa shape index (κ2) is 8.15. The number of nitrogens with zero attached hydrogens (tertiary/aromatic N) is 3. The predicted molar refractivity (Wildman–Crippen MR) is 96.7 cm³/mol. The zero-order valence-electron chi connectivity index (χ0n) is 13.5. The number of esters is 1. The van der Waals surface area contributed by atoms with Gasteiger partial charge in [-0.15, -0.1) is 0 Å². The quantitative estimate of drug-likeness (QED) is 0.652. The number of benzene rings is 2. The molecule has 0 spiro atoms. The number of anilines is 1. The van der Waals surface area contributed by atoms with Crippen LogP contribution in [0.25, 0.3) is 5.69 Å². The predicted octanol–water partition coefficient (Wildman–Crippen LogP) is 3.51. The van der Waals surface area contributed by atoms with E-state index < -0.39 is 29.9 Å². The number of nitrogens with one attached hydrogen (secondary N) is 1. The Morgan fingerprint density at radius 2 is 2.04 bits per heavy atom. The highest BCUT2D eigenvalue weighted by Gasteiger charge is 2.19. The fourth-order valence-corrected chi connectivity index (χ4v) is 2.64. The molecule has 1 aromatic heterocycles. The molecule has 138 valence electrons. The summed E-state index contributed by atoms with van der Waals surface area (Å²) < 4.78 is 20.0. The maximum absolute atomic E-state index is 13.7. The van der Waals surface area contributed by atoms with Gasteiger partial charge in [-0.25, -0.2) is 18.9 Å². The van der Waals surface area contributed by atoms with Gasteiger partial charge in [0, 0.05) is 5.02 Å². The van der Waals surface area contributed by atoms with Crippen LogP contribution in [-0.4, -0.2) is 33.2 Å². The Labute approximate surface area is 162 Å². The van der Waals surface area contributed by atoms with Crippen LogP contribution in [0.4, 0.5) is 10.1 Å². The van der Waals surface area contributed by atoms with Crippen molar-refractivity contribution in [2.45, 2.75) is 0 Å². The monoisotopic (exact) mass is 408 g/mol. The van der Waals surface area contributed by atoms with Gasteiger partial charge in [-0.2, -0.15) is 5.10 Å². The zero-order valence-corrected chi connectivity index (χ0v) is 15.0. The van der Waals surface area contributed by atoms with Crippen molar-refractivity contribution in [1.29, 1.82) is 0 Å². The van der Waals surface area contributed by atoms with E-state index in [1.54, 1.807) is 12.1 Å². The topological polar surface area (TPSA) is 86.1 Å². The summed E-state index contributed by atoms with van der Waals surface area (Å²) in [6.07, 6.45) is 2.78. The fourth-order valence-electron chi connectivity index (χ4n) is 2.22. The third-order valence-corrected chi connectivity index (χ3v) is 3.95. The maximum atomic E-state index is 13.7. The number of amides is 1. The van der Waals surface area contributed by atoms with Crippen LogP contribution in [0.5, 0.6) is 0 Å². The summed E-state index contributed by atoms with van der Waals surface area (Å²) in [5.74, 6) is -2.54. The third kappa shape index (κ3) is 4.42. The van der Waals surface area contributed by atoms with E-state index in [-0.39, 0.29) is 5.02 Å². The van der Waals surface area contributed by atoms with Gasteiger partial charge < -0.3 is 10.1 Å². The van der Waals surface area contributed by atoms with E-state index in [4.69, 9.17) is 27.9 Å². The molecular formula is C17H11Cl2FN4O3. The maximum Gasteiger partial charge on any atom is 0.343 e. The molecule has 7 nitrogen and oxygen atoms in total. The van der Waals surface area contributed by atoms with Crippen LogP contribution >= 0.6 is 23.2 Å². The van der Waals surface area contributed by atoms with Crippen LogP contribution < -0.4 is 5.32 Å². The number of carbonyl (C=O) groups excluding carboxylic acids is 2. The van der Waals surface area contributed by atoms with Crippen LogP contribution in [0, 0.1) is 5.82 Å². The minimum Gasteiger partial charge on any atom is -0.452 e. The van der Waals surface area contributed by atoms with Crippen LogP contribution in [0.1, 0.15) is 10.4 Å². The van der Waals surface area contributed by atoms with Crippen molar-refractivity contribution in [2.75, 3.05) is 11.9 Å². The van der Waals surface area contributed by atoms with E-state index in [1.807, 2.05) is 0 Å². The van der Waals surface area contributed by atoms with Crippen LogP contribution in [-0.2, 0) is 9.53 Å². The molecular weight excluding hydrogens is 398 g/mol. The van der Waals surface area contributed by atoms with Gasteiger partial charge in [0.05, 0.1) is 16.4 Å². The van der Waals surface area contributed by atoms with Crippen molar-refractivity contribution in [1.82, 2.24) is 14.8 Å². The number of aromatic nitrogens is 3. The van der Waals surface area contributed by atoms with Gasteiger partial charge >= 0.3 is 5.97 Å². The van der Waals surface area contributed by atoms with E-state index >= 15 is 0 Å². The molecule has 1 heterocycles. The van der Waals surface area contributed by atoms with E-state index in [0.717, 1.165) is 6.07 Å². The van der Waals surface area contributed by atoms with Gasteiger partial charge in [0.15, 0.2) is 6.61 Å². The lowest BCUT2D eigenvalue weighted by molar-refractivity contribution is -0.119. The molecule has 0 saturated heterocycles. The highest BCUT2D eigenvalue weighted by molar-refractivity contribution is 6.33. The molecule has 10 heteroatoms. The summed E-state index contributed by atoms with van der Waals surface area (Å²) in [4.78, 5) is 28.0. The number of ether oxygens (including phenoxy) is 1. The normalized spacial score (nSPS) is 10.5. The highest BCUT2D eigenvalue weighted by Crippen LogP contribution is 2.24. The number of hydrogen-bond donors (Lipinski definition) is 1. The summed E-state index contributed by atoms with van der Waals surface area (Å²) >= 11 is 11.8. The molecule has 0 saturated carbocycles. The van der Waals surface area contributed by atoms with E-state index in [9.17, 15) is 14.0 Å². The van der Waals surface area contributed by atoms with Gasteiger partial charge in [0.1, 0.15) is 24.0 Å². The summed E-state index contributed by atoms with van der Waals surface area (Å²) in [5.41, 5.74) is 0.407. The van der Waals surface area contributed by atoms with Gasteiger partial charge in [-0.05, 0) is 30.3 Å². The van der Waals surface area contributed by atoms with Gasteiger partial charge in [0.2, 0.25) is 0 Å². The van der Waals surface area contributed by atoms with Crippen molar-refractivity contribution >= 4 is 40.8 Å². The molecule has 0 aliphatic heterocycles. The second-order valence-electron chi connectivity index (χ2n) is 5.22. The molecule has 1 N–H and O–H groups in total. The van der Waals surface area contributed by atoms with Crippen molar-refractivity contribution in [3.63, 3.8) is 0 Å². The first kappa shape index (κ1) is 18.8. The first-order chi connectivity index (χ1) is 13.0. The molecule has 1 amide bonds. The third-order valence-electron chi connectivity index (χ3n) is 3.40. The number of rotatable bonds is 5. The molecule has 0 unspecified atom stereocenters. The Hall–Kier alpha value is -2.97. The Bertz CT molecular complexity index is 976. The molecule has 3 aromatic rings. The lowest BCUT2D eigenvalue weighted by Gasteiger charge is -2.12. The molecule has 27 heavy (non-hydrogen) atoms. The van der Waals surface area contributed by atoms with Crippen molar-refractivity contribution in [3.8, 4) is 5.69 Å². The largest absolute Gasteiger partial charge is 0.452 e. The molecule has 2 aromatic carbocycles. The Balaban J connectivity index is 1.70. The molecule has 0 aliphatic rings. The van der Waals surface area contributed by atoms with E-state index in [0.29, 0.717) is 16.4 Å². The summed E-state index contributed by atoms with van der Waals surface area (Å²) in [5, 5.41) is 6.82. The Morgan fingerprint density at radius 1 is 1.22 bits per heavy atom. The molecule has 0 aliphatic carbocycles. The van der Waals surface area contributed by atoms with E-state index in [2.05, 4.69) is 15.4 Å². The standard InChI is InChI=1S/C17H11Cl2FN4O3/c18-10-4-5-14(24-9-21-8-22-24)13(6-10)23-15(25)7-27-17(26)16-11(19)2-1-3-12(16)20/h1-6,8-9H,7H2,(H,23,25). The van der Waals surface area contributed by atoms with Crippen LogP contribution in [0.3, 0.4) is 0 Å². The van der Waals surface area contributed by atoms with Gasteiger partial charge in [-0.3, -0.25) is 4.79 Å². The van der Waals surface area contributed by atoms with Gasteiger partial charge in [0.25, 0.3) is 5.91 Å². The Kier molecular flexibility index (Phi) is 5.68. The lowest BCUT2D eigenvalue weighted by Crippen LogP contribution is -2.22. The minimum absolute atomic E-state index is 0.108. The summed E-state index contributed by atoms with van der Waals surface area (Å²) in [6, 6.07) is 8.53. The lowest BCUT2D eigenvalue weighted by atomic mass is 10.2. The SMILES string of the molecule is O=C(COC(=O)c1c(F)cccc1Cl)Nc1cc(Cl)ccc1-n1cncn1. The van der Waals surface area contributed by atoms with Crippen molar-refractivity contribution in [2.24, 2.45) is 0 Å². The summed E-state index contributed by atoms with van der Waals surface area (Å²) in [6.45, 7) is -0.646. The molecule has 0 atom stereocenters. The number of carbonyl (C=O) groups is 2. The zero-order chi connectivity index (χ0) is 19.4. The Morgan fingerprint density at radius 3 is 2.74 bits per heavy atom. The van der Waals surface area contributed by atoms with E-state index in [1.165, 1.54) is 35.5 Å². The molecule has 0 bridgehead atoms.